The first-order valence-electron chi connectivity index (χ1n) is 6.12. The van der Waals surface area contributed by atoms with Crippen LogP contribution in [0.5, 0.6) is 0 Å². The lowest BCUT2D eigenvalue weighted by Crippen LogP contribution is -2.09. The van der Waals surface area contributed by atoms with Crippen LogP contribution in [0.4, 0.5) is 8.78 Å². The molecular weight excluding hydrogens is 246 g/mol. The molecule has 0 spiro atoms. The van der Waals surface area contributed by atoms with Gasteiger partial charge in [0.2, 0.25) is 5.95 Å². The van der Waals surface area contributed by atoms with E-state index in [1.165, 1.54) is 6.07 Å². The zero-order valence-electron chi connectivity index (χ0n) is 11.2. The fourth-order valence-corrected chi connectivity index (χ4v) is 1.90. The van der Waals surface area contributed by atoms with Gasteiger partial charge in [-0.05, 0) is 41.7 Å². The van der Waals surface area contributed by atoms with E-state index in [1.54, 1.807) is 6.20 Å². The second-order valence-electron chi connectivity index (χ2n) is 5.76. The average Bonchev–Trinajstić information content (AvgIpc) is 2.31. The van der Waals surface area contributed by atoms with Gasteiger partial charge in [-0.2, -0.15) is 4.39 Å². The molecule has 0 saturated carbocycles. The van der Waals surface area contributed by atoms with Crippen LogP contribution in [0.15, 0.2) is 30.5 Å². The molecule has 0 fully saturated rings. The Morgan fingerprint density at radius 2 is 1.79 bits per heavy atom. The summed E-state index contributed by atoms with van der Waals surface area (Å²) in [6.45, 7) is 6.43. The van der Waals surface area contributed by atoms with Crippen LogP contribution in [0, 0.1) is 17.2 Å². The fourth-order valence-electron chi connectivity index (χ4n) is 1.90. The highest BCUT2D eigenvalue weighted by Crippen LogP contribution is 2.23. The van der Waals surface area contributed by atoms with E-state index in [0.29, 0.717) is 11.4 Å². The molecule has 2 heterocycles. The minimum atomic E-state index is -1.10. The lowest BCUT2D eigenvalue weighted by atomic mass is 9.88. The van der Waals surface area contributed by atoms with E-state index in [9.17, 15) is 8.78 Å². The second-order valence-corrected chi connectivity index (χ2v) is 5.76. The zero-order chi connectivity index (χ0) is 14.0. The van der Waals surface area contributed by atoms with E-state index in [4.69, 9.17) is 0 Å². The van der Waals surface area contributed by atoms with Gasteiger partial charge in [-0.25, -0.2) is 9.37 Å². The van der Waals surface area contributed by atoms with Gasteiger partial charge in [0.15, 0.2) is 5.82 Å². The van der Waals surface area contributed by atoms with Crippen molar-refractivity contribution in [2.24, 2.45) is 5.41 Å². The first kappa shape index (κ1) is 13.6. The topological polar surface area (TPSA) is 25.8 Å². The summed E-state index contributed by atoms with van der Waals surface area (Å²) in [4.78, 5) is 7.74. The molecule has 0 aliphatic rings. The van der Waals surface area contributed by atoms with Crippen molar-refractivity contribution in [1.82, 2.24) is 9.97 Å². The molecule has 2 nitrogen and oxygen atoms in total. The van der Waals surface area contributed by atoms with Gasteiger partial charge in [0.05, 0.1) is 11.4 Å². The Morgan fingerprint density at radius 1 is 1.05 bits per heavy atom. The minimum Gasteiger partial charge on any atom is -0.255 e. The van der Waals surface area contributed by atoms with Gasteiger partial charge in [-0.1, -0.05) is 20.8 Å². The lowest BCUT2D eigenvalue weighted by Gasteiger charge is -2.18. The van der Waals surface area contributed by atoms with Crippen molar-refractivity contribution in [3.8, 4) is 11.4 Å². The maximum absolute atomic E-state index is 13.1. The highest BCUT2D eigenvalue weighted by molar-refractivity contribution is 5.54. The lowest BCUT2D eigenvalue weighted by molar-refractivity contribution is 0.411. The van der Waals surface area contributed by atoms with E-state index in [0.717, 1.165) is 18.1 Å². The van der Waals surface area contributed by atoms with Gasteiger partial charge in [0.1, 0.15) is 0 Å². The van der Waals surface area contributed by atoms with Gasteiger partial charge in [-0.3, -0.25) is 4.98 Å². The molecule has 0 radical (unpaired) electrons. The van der Waals surface area contributed by atoms with Crippen molar-refractivity contribution in [2.45, 2.75) is 27.2 Å². The molecule has 0 bridgehead atoms. The standard InChI is InChI=1S/C15H16F2N2/c1-15(2,3)9-10-6-7-18-13(8-10)12-5-4-11(16)14(17)19-12/h4-8H,9H2,1-3H3. The third kappa shape index (κ3) is 3.56. The molecule has 0 aromatic carbocycles. The molecule has 2 aromatic rings. The summed E-state index contributed by atoms with van der Waals surface area (Å²) in [7, 11) is 0. The highest BCUT2D eigenvalue weighted by Gasteiger charge is 2.13. The molecule has 0 amide bonds. The van der Waals surface area contributed by atoms with Gasteiger partial charge in [0.25, 0.3) is 0 Å². The molecule has 0 N–H and O–H groups in total. The van der Waals surface area contributed by atoms with E-state index in [1.807, 2.05) is 12.1 Å². The Balaban J connectivity index is 2.35. The molecular formula is C15H16F2N2. The Morgan fingerprint density at radius 3 is 2.42 bits per heavy atom. The minimum absolute atomic E-state index is 0.153. The molecule has 0 aliphatic heterocycles. The molecule has 2 rings (SSSR count). The smallest absolute Gasteiger partial charge is 0.249 e. The van der Waals surface area contributed by atoms with Crippen LogP contribution in [0.25, 0.3) is 11.4 Å². The molecule has 0 unspecified atom stereocenters. The van der Waals surface area contributed by atoms with E-state index in [2.05, 4.69) is 30.7 Å². The van der Waals surface area contributed by atoms with E-state index in [-0.39, 0.29) is 5.41 Å². The average molecular weight is 262 g/mol. The second kappa shape index (κ2) is 5.03. The van der Waals surface area contributed by atoms with Crippen molar-refractivity contribution in [2.75, 3.05) is 0 Å². The van der Waals surface area contributed by atoms with Crippen LogP contribution in [0.2, 0.25) is 0 Å². The summed E-state index contributed by atoms with van der Waals surface area (Å²) in [5.41, 5.74) is 2.15. The molecule has 100 valence electrons. The Labute approximate surface area is 111 Å². The molecule has 4 heteroatoms. The monoisotopic (exact) mass is 262 g/mol. The van der Waals surface area contributed by atoms with Crippen molar-refractivity contribution in [3.63, 3.8) is 0 Å². The quantitative estimate of drug-likeness (QED) is 0.764. The normalized spacial score (nSPS) is 11.6. The summed E-state index contributed by atoms with van der Waals surface area (Å²) in [6, 6.07) is 6.29. The molecule has 0 saturated heterocycles. The van der Waals surface area contributed by atoms with Crippen molar-refractivity contribution in [3.05, 3.63) is 47.8 Å². The van der Waals surface area contributed by atoms with Crippen molar-refractivity contribution in [1.29, 1.82) is 0 Å². The molecule has 0 atom stereocenters. The zero-order valence-corrected chi connectivity index (χ0v) is 11.2. The first-order valence-corrected chi connectivity index (χ1v) is 6.12. The Kier molecular flexibility index (Phi) is 3.60. The van der Waals surface area contributed by atoms with Crippen LogP contribution in [0.3, 0.4) is 0 Å². The summed E-state index contributed by atoms with van der Waals surface area (Å²) in [6.07, 6.45) is 2.55. The fraction of sp³-hybridized carbons (Fsp3) is 0.333. The number of pyridine rings is 2. The Hall–Kier alpha value is -1.84. The van der Waals surface area contributed by atoms with Crippen LogP contribution >= 0.6 is 0 Å². The number of halogens is 2. The first-order chi connectivity index (χ1) is 8.85. The van der Waals surface area contributed by atoms with Gasteiger partial charge in [0, 0.05) is 6.20 Å². The summed E-state index contributed by atoms with van der Waals surface area (Å²) >= 11 is 0. The van der Waals surface area contributed by atoms with Crippen molar-refractivity contribution >= 4 is 0 Å². The van der Waals surface area contributed by atoms with Crippen LogP contribution in [-0.2, 0) is 6.42 Å². The Bertz CT molecular complexity index is 589. The molecule has 2 aromatic heterocycles. The van der Waals surface area contributed by atoms with Gasteiger partial charge in [-0.15, -0.1) is 0 Å². The number of hydrogen-bond acceptors (Lipinski definition) is 2. The summed E-state index contributed by atoms with van der Waals surface area (Å²) in [5, 5.41) is 0. The summed E-state index contributed by atoms with van der Waals surface area (Å²) < 4.78 is 26.0. The predicted molar refractivity (Wildman–Crippen MR) is 70.5 cm³/mol. The highest BCUT2D eigenvalue weighted by atomic mass is 19.2. The third-order valence-electron chi connectivity index (χ3n) is 2.62. The summed E-state index contributed by atoms with van der Waals surface area (Å²) in [5.74, 6) is -2.05. The number of aromatic nitrogens is 2. The number of hydrogen-bond donors (Lipinski definition) is 0. The predicted octanol–water partition coefficient (Wildman–Crippen LogP) is 4.01. The maximum Gasteiger partial charge on any atom is 0.249 e. The molecule has 19 heavy (non-hydrogen) atoms. The van der Waals surface area contributed by atoms with Gasteiger partial charge >= 0.3 is 0 Å². The van der Waals surface area contributed by atoms with Crippen LogP contribution in [-0.4, -0.2) is 9.97 Å². The largest absolute Gasteiger partial charge is 0.255 e. The van der Waals surface area contributed by atoms with E-state index >= 15 is 0 Å². The number of nitrogens with zero attached hydrogens (tertiary/aromatic N) is 2. The van der Waals surface area contributed by atoms with Gasteiger partial charge < -0.3 is 0 Å². The van der Waals surface area contributed by atoms with Crippen molar-refractivity contribution < 1.29 is 8.78 Å². The van der Waals surface area contributed by atoms with Crippen LogP contribution < -0.4 is 0 Å². The number of rotatable bonds is 2. The molecule has 0 aliphatic carbocycles. The third-order valence-corrected chi connectivity index (χ3v) is 2.62. The maximum atomic E-state index is 13.1. The van der Waals surface area contributed by atoms with Crippen LogP contribution in [0.1, 0.15) is 26.3 Å². The SMILES string of the molecule is CC(C)(C)Cc1ccnc(-c2ccc(F)c(F)n2)c1. The van der Waals surface area contributed by atoms with E-state index < -0.39 is 11.8 Å².